The summed E-state index contributed by atoms with van der Waals surface area (Å²) in [6, 6.07) is 13.9. The van der Waals surface area contributed by atoms with E-state index >= 15 is 0 Å². The van der Waals surface area contributed by atoms with E-state index < -0.39 is 11.9 Å². The van der Waals surface area contributed by atoms with E-state index in [-0.39, 0.29) is 16.4 Å². The van der Waals surface area contributed by atoms with Crippen LogP contribution in [-0.4, -0.2) is 22.1 Å². The molecule has 0 bridgehead atoms. The van der Waals surface area contributed by atoms with Crippen molar-refractivity contribution in [3.05, 3.63) is 76.0 Å². The van der Waals surface area contributed by atoms with Gasteiger partial charge in [0.1, 0.15) is 5.76 Å². The predicted octanol–water partition coefficient (Wildman–Crippen LogP) is 5.08. The zero-order valence-corrected chi connectivity index (χ0v) is 16.4. The number of amides is 1. The monoisotopic (exact) mass is 434 g/mol. The molecule has 1 aromatic heterocycles. The van der Waals surface area contributed by atoms with E-state index in [1.165, 1.54) is 30.3 Å². The fraction of sp³-hybridized carbons (Fsp3) is 0. The number of anilines is 1. The molecule has 0 spiro atoms. The first kappa shape index (κ1) is 19.9. The van der Waals surface area contributed by atoms with Crippen molar-refractivity contribution in [3.8, 4) is 11.3 Å². The lowest BCUT2D eigenvalue weighted by atomic mass is 10.2. The van der Waals surface area contributed by atoms with Crippen LogP contribution in [0.4, 0.5) is 5.69 Å². The maximum absolute atomic E-state index is 12.3. The van der Waals surface area contributed by atoms with E-state index in [9.17, 15) is 9.59 Å². The molecule has 28 heavy (non-hydrogen) atoms. The Morgan fingerprint density at radius 1 is 1.00 bits per heavy atom. The summed E-state index contributed by atoms with van der Waals surface area (Å²) in [7, 11) is 0. The van der Waals surface area contributed by atoms with Crippen molar-refractivity contribution in [1.82, 2.24) is 5.32 Å². The molecule has 0 unspecified atom stereocenters. The van der Waals surface area contributed by atoms with Crippen LogP contribution in [-0.2, 0) is 0 Å². The van der Waals surface area contributed by atoms with E-state index in [0.29, 0.717) is 27.1 Å². The summed E-state index contributed by atoms with van der Waals surface area (Å²) in [6.07, 6.45) is 0. The summed E-state index contributed by atoms with van der Waals surface area (Å²) in [5.74, 6) is -1.16. The van der Waals surface area contributed by atoms with Crippen LogP contribution in [0.1, 0.15) is 20.9 Å². The van der Waals surface area contributed by atoms with Gasteiger partial charge in [-0.05, 0) is 66.8 Å². The molecule has 0 aliphatic rings. The second-order valence-electron chi connectivity index (χ2n) is 5.58. The number of carboxylic acids is 1. The van der Waals surface area contributed by atoms with E-state index in [2.05, 4.69) is 10.6 Å². The number of hydrogen-bond acceptors (Lipinski definition) is 4. The molecule has 0 saturated heterocycles. The van der Waals surface area contributed by atoms with Gasteiger partial charge in [-0.2, -0.15) is 0 Å². The maximum atomic E-state index is 12.3. The van der Waals surface area contributed by atoms with Gasteiger partial charge in [-0.1, -0.05) is 23.2 Å². The molecule has 9 heteroatoms. The Kier molecular flexibility index (Phi) is 5.99. The molecule has 0 saturated carbocycles. The third kappa shape index (κ3) is 4.69. The molecular weight excluding hydrogens is 423 g/mol. The molecule has 2 aromatic carbocycles. The average molecular weight is 435 g/mol. The minimum absolute atomic E-state index is 0.0341. The van der Waals surface area contributed by atoms with Gasteiger partial charge < -0.3 is 14.8 Å². The van der Waals surface area contributed by atoms with Gasteiger partial charge >= 0.3 is 5.97 Å². The number of carboxylic acid groups (broad SMARTS) is 1. The van der Waals surface area contributed by atoms with Gasteiger partial charge in [-0.15, -0.1) is 0 Å². The number of benzene rings is 2. The molecule has 1 heterocycles. The highest BCUT2D eigenvalue weighted by atomic mass is 35.5. The van der Waals surface area contributed by atoms with Crippen molar-refractivity contribution >= 4 is 58.1 Å². The van der Waals surface area contributed by atoms with Crippen LogP contribution in [0.25, 0.3) is 11.3 Å². The number of thiocarbonyl (C=S) groups is 1. The molecule has 6 nitrogen and oxygen atoms in total. The minimum Gasteiger partial charge on any atom is -0.478 e. The van der Waals surface area contributed by atoms with Crippen molar-refractivity contribution in [2.45, 2.75) is 0 Å². The number of rotatable bonds is 4. The van der Waals surface area contributed by atoms with Gasteiger partial charge in [0, 0.05) is 16.3 Å². The lowest BCUT2D eigenvalue weighted by Gasteiger charge is -2.08. The number of halogens is 2. The number of nitrogens with one attached hydrogen (secondary N) is 2. The quantitative estimate of drug-likeness (QED) is 0.496. The Hall–Kier alpha value is -2.87. The third-order valence-electron chi connectivity index (χ3n) is 3.64. The van der Waals surface area contributed by atoms with Crippen LogP contribution >= 0.6 is 35.4 Å². The number of furan rings is 1. The summed E-state index contributed by atoms with van der Waals surface area (Å²) < 4.78 is 5.55. The fourth-order valence-corrected chi connectivity index (χ4v) is 2.91. The summed E-state index contributed by atoms with van der Waals surface area (Å²) in [5.41, 5.74) is 1.23. The Labute approximate surface area is 175 Å². The average Bonchev–Trinajstić information content (AvgIpc) is 3.14. The summed E-state index contributed by atoms with van der Waals surface area (Å²) >= 11 is 17.2. The number of hydrogen-bond donors (Lipinski definition) is 3. The van der Waals surface area contributed by atoms with Crippen molar-refractivity contribution in [1.29, 1.82) is 0 Å². The van der Waals surface area contributed by atoms with Crippen LogP contribution in [0.3, 0.4) is 0 Å². The normalized spacial score (nSPS) is 10.4. The summed E-state index contributed by atoms with van der Waals surface area (Å²) in [5, 5.41) is 15.1. The van der Waals surface area contributed by atoms with Gasteiger partial charge in [0.15, 0.2) is 10.9 Å². The second-order valence-corrected chi connectivity index (χ2v) is 6.83. The third-order valence-corrected chi connectivity index (χ3v) is 4.41. The van der Waals surface area contributed by atoms with Gasteiger partial charge in [0.05, 0.1) is 10.6 Å². The van der Waals surface area contributed by atoms with Gasteiger partial charge in [0.25, 0.3) is 5.91 Å². The zero-order chi connectivity index (χ0) is 20.3. The van der Waals surface area contributed by atoms with Gasteiger partial charge in [-0.25, -0.2) is 4.79 Å². The largest absolute Gasteiger partial charge is 0.478 e. The maximum Gasteiger partial charge on any atom is 0.335 e. The van der Waals surface area contributed by atoms with Crippen LogP contribution in [0.5, 0.6) is 0 Å². The Balaban J connectivity index is 1.66. The molecule has 0 fully saturated rings. The molecule has 0 aliphatic heterocycles. The topological polar surface area (TPSA) is 91.6 Å². The van der Waals surface area contributed by atoms with Crippen molar-refractivity contribution < 1.29 is 19.1 Å². The molecule has 3 aromatic rings. The van der Waals surface area contributed by atoms with Crippen molar-refractivity contribution in [3.63, 3.8) is 0 Å². The first-order chi connectivity index (χ1) is 13.3. The molecule has 142 valence electrons. The molecule has 3 N–H and O–H groups in total. The van der Waals surface area contributed by atoms with Gasteiger partial charge in [-0.3, -0.25) is 10.1 Å². The lowest BCUT2D eigenvalue weighted by Crippen LogP contribution is -2.33. The Bertz CT molecular complexity index is 1060. The molecule has 0 radical (unpaired) electrons. The predicted molar refractivity (Wildman–Crippen MR) is 111 cm³/mol. The van der Waals surface area contributed by atoms with Crippen LogP contribution in [0, 0.1) is 0 Å². The fourth-order valence-electron chi connectivity index (χ4n) is 2.31. The second kappa shape index (κ2) is 8.43. The number of carbonyl (C=O) groups excluding carboxylic acids is 1. The van der Waals surface area contributed by atoms with Crippen LogP contribution in [0.15, 0.2) is 59.0 Å². The highest BCUT2D eigenvalue weighted by Crippen LogP contribution is 2.31. The minimum atomic E-state index is -1.03. The number of carbonyl (C=O) groups is 2. The smallest absolute Gasteiger partial charge is 0.335 e. The molecule has 1 amide bonds. The first-order valence-electron chi connectivity index (χ1n) is 7.84. The van der Waals surface area contributed by atoms with E-state index in [1.807, 2.05) is 0 Å². The summed E-state index contributed by atoms with van der Waals surface area (Å²) in [6.45, 7) is 0. The van der Waals surface area contributed by atoms with E-state index in [4.69, 9.17) is 44.9 Å². The molecular formula is C19H12Cl2N2O4S. The standard InChI is InChI=1S/C19H12Cl2N2O4S/c20-11-3-6-14(21)13(9-11)15-7-8-16(27-15)17(24)23-19(28)22-12-4-1-10(2-5-12)18(25)26/h1-9H,(H,25,26)(H2,22,23,24,28). The van der Waals surface area contributed by atoms with Crippen molar-refractivity contribution in [2.75, 3.05) is 5.32 Å². The van der Waals surface area contributed by atoms with Crippen molar-refractivity contribution in [2.24, 2.45) is 0 Å². The van der Waals surface area contributed by atoms with E-state index in [1.54, 1.807) is 24.3 Å². The molecule has 3 rings (SSSR count). The highest BCUT2D eigenvalue weighted by molar-refractivity contribution is 7.80. The van der Waals surface area contributed by atoms with Crippen LogP contribution in [0.2, 0.25) is 10.0 Å². The summed E-state index contributed by atoms with van der Waals surface area (Å²) in [4.78, 5) is 23.2. The first-order valence-corrected chi connectivity index (χ1v) is 9.01. The molecule has 0 atom stereocenters. The Morgan fingerprint density at radius 2 is 1.71 bits per heavy atom. The highest BCUT2D eigenvalue weighted by Gasteiger charge is 2.15. The van der Waals surface area contributed by atoms with E-state index in [0.717, 1.165) is 0 Å². The SMILES string of the molecule is O=C(O)c1ccc(NC(=S)NC(=O)c2ccc(-c3cc(Cl)ccc3Cl)o2)cc1. The van der Waals surface area contributed by atoms with Gasteiger partial charge in [0.2, 0.25) is 0 Å². The Morgan fingerprint density at radius 3 is 2.39 bits per heavy atom. The lowest BCUT2D eigenvalue weighted by molar-refractivity contribution is 0.0696. The number of aromatic carboxylic acids is 1. The molecule has 0 aliphatic carbocycles. The zero-order valence-electron chi connectivity index (χ0n) is 14.0. The van der Waals surface area contributed by atoms with Crippen LogP contribution < -0.4 is 10.6 Å².